The summed E-state index contributed by atoms with van der Waals surface area (Å²) in [5.74, 6) is 3.27. The molecular formula is C21H29N3S. The van der Waals surface area contributed by atoms with Gasteiger partial charge in [0.05, 0.1) is 15.2 Å². The minimum Gasteiger partial charge on any atom is -0.310 e. The Labute approximate surface area is 154 Å². The van der Waals surface area contributed by atoms with Crippen molar-refractivity contribution in [3.8, 4) is 0 Å². The van der Waals surface area contributed by atoms with E-state index in [9.17, 15) is 0 Å². The van der Waals surface area contributed by atoms with Gasteiger partial charge in [0.25, 0.3) is 0 Å². The first-order chi connectivity index (χ1) is 12.2. The third-order valence-electron chi connectivity index (χ3n) is 6.86. The molecule has 25 heavy (non-hydrogen) atoms. The number of nitrogens with one attached hydrogen (secondary N) is 1. The Morgan fingerprint density at radius 3 is 2.84 bits per heavy atom. The number of thiazole rings is 1. The molecule has 4 heteroatoms. The van der Waals surface area contributed by atoms with E-state index in [1.54, 1.807) is 0 Å². The second-order valence-electron chi connectivity index (χ2n) is 8.75. The molecule has 1 saturated carbocycles. The number of likely N-dealkylation sites (N-methyl/N-ethyl adjacent to an activating group) is 1. The molecule has 1 aromatic carbocycles. The normalized spacial score (nSPS) is 36.2. The summed E-state index contributed by atoms with van der Waals surface area (Å²) in [6, 6.07) is 7.52. The van der Waals surface area contributed by atoms with Crippen molar-refractivity contribution in [2.75, 3.05) is 26.7 Å². The van der Waals surface area contributed by atoms with Crippen LogP contribution in [0.5, 0.6) is 0 Å². The van der Waals surface area contributed by atoms with Crippen molar-refractivity contribution >= 4 is 21.6 Å². The van der Waals surface area contributed by atoms with Crippen LogP contribution in [0.25, 0.3) is 10.2 Å². The van der Waals surface area contributed by atoms with E-state index in [4.69, 9.17) is 4.98 Å². The minimum absolute atomic E-state index is 0.516. The van der Waals surface area contributed by atoms with E-state index >= 15 is 0 Å². The van der Waals surface area contributed by atoms with Crippen molar-refractivity contribution in [3.63, 3.8) is 0 Å². The van der Waals surface area contributed by atoms with Crippen molar-refractivity contribution in [3.05, 3.63) is 28.8 Å². The zero-order valence-electron chi connectivity index (χ0n) is 15.4. The van der Waals surface area contributed by atoms with Crippen LogP contribution in [0.1, 0.15) is 55.1 Å². The highest BCUT2D eigenvalue weighted by Crippen LogP contribution is 2.48. The van der Waals surface area contributed by atoms with E-state index in [0.717, 1.165) is 24.3 Å². The van der Waals surface area contributed by atoms with Crippen molar-refractivity contribution in [2.45, 2.75) is 44.6 Å². The monoisotopic (exact) mass is 355 g/mol. The Morgan fingerprint density at radius 2 is 2.08 bits per heavy atom. The number of aromatic nitrogens is 1. The summed E-state index contributed by atoms with van der Waals surface area (Å²) in [4.78, 5) is 7.65. The third-order valence-corrected chi connectivity index (χ3v) is 8.02. The quantitative estimate of drug-likeness (QED) is 0.865. The number of hydrogen-bond acceptors (Lipinski definition) is 4. The van der Waals surface area contributed by atoms with Gasteiger partial charge in [0.2, 0.25) is 0 Å². The van der Waals surface area contributed by atoms with Crippen LogP contribution < -0.4 is 5.32 Å². The molecule has 3 aliphatic rings. The molecule has 3 heterocycles. The molecular weight excluding hydrogens is 326 g/mol. The van der Waals surface area contributed by atoms with Crippen LogP contribution in [0.4, 0.5) is 0 Å². The molecule has 1 aromatic heterocycles. The summed E-state index contributed by atoms with van der Waals surface area (Å²) < 4.78 is 1.37. The summed E-state index contributed by atoms with van der Waals surface area (Å²) in [5.41, 5.74) is 2.65. The zero-order chi connectivity index (χ0) is 17.0. The Balaban J connectivity index is 1.42. The standard InChI is InChI=1S/C21H29N3S/c1-13-3-7-18(22-10-13)14-5-8-20-19(9-14)23-21(25-20)17-12-24(2)11-15-4-6-16(15)17/h5,8-9,13,15-18,22H,3-4,6-7,10-12H2,1-2H3/t13-,15?,16?,17?,18+/m0/s1. The molecule has 2 aliphatic heterocycles. The molecule has 3 unspecified atom stereocenters. The lowest BCUT2D eigenvalue weighted by Gasteiger charge is -2.48. The summed E-state index contributed by atoms with van der Waals surface area (Å²) in [5, 5.41) is 5.10. The molecule has 5 atom stereocenters. The maximum Gasteiger partial charge on any atom is 0.0985 e. The fourth-order valence-electron chi connectivity index (χ4n) is 5.18. The Hall–Kier alpha value is -0.970. The number of nitrogens with zero attached hydrogens (tertiary/aromatic N) is 2. The largest absolute Gasteiger partial charge is 0.310 e. The van der Waals surface area contributed by atoms with Gasteiger partial charge in [-0.1, -0.05) is 13.0 Å². The Kier molecular flexibility index (Phi) is 4.11. The third kappa shape index (κ3) is 2.92. The lowest BCUT2D eigenvalue weighted by Crippen LogP contribution is -2.48. The van der Waals surface area contributed by atoms with E-state index in [2.05, 4.69) is 42.4 Å². The first kappa shape index (κ1) is 16.2. The average Bonchev–Trinajstić information content (AvgIpc) is 3.01. The number of likely N-dealkylation sites (tertiary alicyclic amines) is 1. The smallest absolute Gasteiger partial charge is 0.0985 e. The van der Waals surface area contributed by atoms with Crippen LogP contribution in [0.3, 0.4) is 0 Å². The van der Waals surface area contributed by atoms with Crippen LogP contribution >= 0.6 is 11.3 Å². The number of rotatable bonds is 2. The first-order valence-electron chi connectivity index (χ1n) is 9.99. The van der Waals surface area contributed by atoms with Crippen LogP contribution in [-0.4, -0.2) is 36.6 Å². The molecule has 2 saturated heterocycles. The molecule has 3 fully saturated rings. The number of fused-ring (bicyclic) bond motifs is 2. The van der Waals surface area contributed by atoms with Gasteiger partial charge in [0.1, 0.15) is 0 Å². The second-order valence-corrected chi connectivity index (χ2v) is 9.81. The van der Waals surface area contributed by atoms with Gasteiger partial charge < -0.3 is 10.2 Å². The van der Waals surface area contributed by atoms with Gasteiger partial charge in [-0.3, -0.25) is 0 Å². The highest BCUT2D eigenvalue weighted by atomic mass is 32.1. The maximum absolute atomic E-state index is 5.12. The summed E-state index contributed by atoms with van der Waals surface area (Å²) in [6.45, 7) is 5.97. The number of hydrogen-bond donors (Lipinski definition) is 1. The first-order valence-corrected chi connectivity index (χ1v) is 10.8. The predicted octanol–water partition coefficient (Wildman–Crippen LogP) is 4.41. The molecule has 0 spiro atoms. The molecule has 5 rings (SSSR count). The summed E-state index contributed by atoms with van der Waals surface area (Å²) in [6.07, 6.45) is 5.41. The van der Waals surface area contributed by atoms with Crippen molar-refractivity contribution in [1.82, 2.24) is 15.2 Å². The van der Waals surface area contributed by atoms with Crippen molar-refractivity contribution in [2.24, 2.45) is 17.8 Å². The Bertz CT molecular complexity index is 762. The molecule has 1 N–H and O–H groups in total. The lowest BCUT2D eigenvalue weighted by atomic mass is 9.64. The molecule has 1 aliphatic carbocycles. The van der Waals surface area contributed by atoms with E-state index < -0.39 is 0 Å². The molecule has 0 amide bonds. The highest BCUT2D eigenvalue weighted by Gasteiger charge is 2.43. The Morgan fingerprint density at radius 1 is 1.16 bits per heavy atom. The SMILES string of the molecule is C[C@H]1CC[C@H](c2ccc3sc(C4CN(C)CC5CCC54)nc3c2)NC1. The average molecular weight is 356 g/mol. The van der Waals surface area contributed by atoms with E-state index in [-0.39, 0.29) is 0 Å². The molecule has 0 bridgehead atoms. The van der Waals surface area contributed by atoms with Crippen LogP contribution in [-0.2, 0) is 0 Å². The van der Waals surface area contributed by atoms with Gasteiger partial charge in [-0.25, -0.2) is 4.98 Å². The maximum atomic E-state index is 5.12. The fourth-order valence-corrected chi connectivity index (χ4v) is 6.29. The van der Waals surface area contributed by atoms with Gasteiger partial charge in [0.15, 0.2) is 0 Å². The van der Waals surface area contributed by atoms with E-state index in [1.165, 1.54) is 59.6 Å². The van der Waals surface area contributed by atoms with Crippen molar-refractivity contribution in [1.29, 1.82) is 0 Å². The van der Waals surface area contributed by atoms with Crippen molar-refractivity contribution < 1.29 is 0 Å². The number of piperidine rings is 2. The van der Waals surface area contributed by atoms with E-state index in [1.807, 2.05) is 11.3 Å². The van der Waals surface area contributed by atoms with Crippen LogP contribution in [0.15, 0.2) is 18.2 Å². The molecule has 2 aromatic rings. The number of benzene rings is 1. The predicted molar refractivity (Wildman–Crippen MR) is 105 cm³/mol. The van der Waals surface area contributed by atoms with Gasteiger partial charge >= 0.3 is 0 Å². The highest BCUT2D eigenvalue weighted by molar-refractivity contribution is 7.18. The zero-order valence-corrected chi connectivity index (χ0v) is 16.2. The fraction of sp³-hybridized carbons (Fsp3) is 0.667. The van der Waals surface area contributed by atoms with Gasteiger partial charge in [-0.2, -0.15) is 0 Å². The van der Waals surface area contributed by atoms with Crippen LogP contribution in [0, 0.1) is 17.8 Å². The molecule has 0 radical (unpaired) electrons. The summed E-state index contributed by atoms with van der Waals surface area (Å²) >= 11 is 1.94. The molecule has 134 valence electrons. The van der Waals surface area contributed by atoms with Gasteiger partial charge in [-0.05, 0) is 74.7 Å². The topological polar surface area (TPSA) is 28.2 Å². The van der Waals surface area contributed by atoms with E-state index in [0.29, 0.717) is 12.0 Å². The molecule has 3 nitrogen and oxygen atoms in total. The van der Waals surface area contributed by atoms with Crippen LogP contribution in [0.2, 0.25) is 0 Å². The second kappa shape index (κ2) is 6.33. The lowest BCUT2D eigenvalue weighted by molar-refractivity contribution is 0.0388. The minimum atomic E-state index is 0.516. The van der Waals surface area contributed by atoms with Gasteiger partial charge in [-0.15, -0.1) is 11.3 Å². The summed E-state index contributed by atoms with van der Waals surface area (Å²) in [7, 11) is 2.28. The van der Waals surface area contributed by atoms with Gasteiger partial charge in [0, 0.05) is 25.0 Å².